The van der Waals surface area contributed by atoms with Gasteiger partial charge in [-0.25, -0.2) is 0 Å². The van der Waals surface area contributed by atoms with Crippen molar-refractivity contribution in [1.29, 1.82) is 0 Å². The lowest BCUT2D eigenvalue weighted by Gasteiger charge is -2.09. The van der Waals surface area contributed by atoms with Crippen LogP contribution in [0, 0.1) is 0 Å². The van der Waals surface area contributed by atoms with Crippen LogP contribution in [0.2, 0.25) is 0 Å². The number of nitrogens with one attached hydrogen (secondary N) is 1. The second kappa shape index (κ2) is 21.2. The number of carbonyl (C=O) groups excluding carboxylic acids is 1. The van der Waals surface area contributed by atoms with Crippen LogP contribution in [0.3, 0.4) is 0 Å². The lowest BCUT2D eigenvalue weighted by atomic mass is 10.0. The first-order chi connectivity index (χ1) is 19.1. The summed E-state index contributed by atoms with van der Waals surface area (Å²) >= 11 is 0. The first kappa shape index (κ1) is 32.5. The second-order valence-electron chi connectivity index (χ2n) is 10.9. The second-order valence-corrected chi connectivity index (χ2v) is 10.9. The molecule has 2 aromatic carbocycles. The smallest absolute Gasteiger partial charge is 0.224 e. The molecule has 0 aromatic heterocycles. The molecular weight excluding hydrogens is 486 g/mol. The van der Waals surface area contributed by atoms with Gasteiger partial charge < -0.3 is 20.3 Å². The normalized spacial score (nSPS) is 11.0. The summed E-state index contributed by atoms with van der Waals surface area (Å²) in [6, 6.07) is 12.4. The maximum Gasteiger partial charge on any atom is 0.224 e. The summed E-state index contributed by atoms with van der Waals surface area (Å²) in [6.45, 7) is 2.93. The van der Waals surface area contributed by atoms with Gasteiger partial charge in [0.1, 0.15) is 17.2 Å². The van der Waals surface area contributed by atoms with Crippen LogP contribution >= 0.6 is 0 Å². The third-order valence-corrected chi connectivity index (χ3v) is 7.32. The van der Waals surface area contributed by atoms with Crippen LogP contribution in [0.25, 0.3) is 0 Å². The zero-order chi connectivity index (χ0) is 28.0. The molecule has 0 unspecified atom stereocenters. The summed E-state index contributed by atoms with van der Waals surface area (Å²) in [6.07, 6.45) is 22.3. The van der Waals surface area contributed by atoms with Crippen molar-refractivity contribution in [3.8, 4) is 17.2 Å². The van der Waals surface area contributed by atoms with Crippen LogP contribution in [-0.2, 0) is 11.2 Å². The summed E-state index contributed by atoms with van der Waals surface area (Å²) in [5, 5.41) is 22.4. The first-order valence-electron chi connectivity index (χ1n) is 15.6. The zero-order valence-corrected chi connectivity index (χ0v) is 24.4. The van der Waals surface area contributed by atoms with E-state index in [1.165, 1.54) is 83.5 Å². The van der Waals surface area contributed by atoms with Crippen molar-refractivity contribution >= 4 is 11.6 Å². The molecule has 0 atom stereocenters. The number of rotatable bonds is 23. The maximum atomic E-state index is 12.0. The topological polar surface area (TPSA) is 78.8 Å². The van der Waals surface area contributed by atoms with E-state index < -0.39 is 0 Å². The van der Waals surface area contributed by atoms with Gasteiger partial charge in [0.15, 0.2) is 0 Å². The molecule has 0 aliphatic carbocycles. The highest BCUT2D eigenvalue weighted by atomic mass is 16.5. The molecule has 0 spiro atoms. The number of amides is 1. The molecule has 2 rings (SSSR count). The average Bonchev–Trinajstić information content (AvgIpc) is 2.93. The van der Waals surface area contributed by atoms with Gasteiger partial charge in [0, 0.05) is 18.2 Å². The van der Waals surface area contributed by atoms with Crippen molar-refractivity contribution in [3.05, 3.63) is 48.0 Å². The quantitative estimate of drug-likeness (QED) is 0.0970. The van der Waals surface area contributed by atoms with Gasteiger partial charge in [-0.3, -0.25) is 4.79 Å². The Balaban J connectivity index is 1.32. The Morgan fingerprint density at radius 3 is 1.85 bits per heavy atom. The minimum atomic E-state index is 0.0478. The van der Waals surface area contributed by atoms with E-state index in [2.05, 4.69) is 12.2 Å². The van der Waals surface area contributed by atoms with Crippen molar-refractivity contribution in [2.45, 2.75) is 129 Å². The molecule has 0 saturated carbocycles. The Bertz CT molecular complexity index is 897. The zero-order valence-electron chi connectivity index (χ0n) is 24.4. The Hall–Kier alpha value is -2.69. The van der Waals surface area contributed by atoms with Gasteiger partial charge in [0.05, 0.1) is 6.61 Å². The van der Waals surface area contributed by atoms with E-state index in [1.807, 2.05) is 12.1 Å². The first-order valence-corrected chi connectivity index (χ1v) is 15.6. The molecule has 0 bridgehead atoms. The molecule has 0 fully saturated rings. The van der Waals surface area contributed by atoms with Crippen LogP contribution in [0.15, 0.2) is 42.5 Å². The van der Waals surface area contributed by atoms with E-state index in [0.717, 1.165) is 55.7 Å². The van der Waals surface area contributed by atoms with Crippen molar-refractivity contribution in [1.82, 2.24) is 0 Å². The number of hydrogen-bond donors (Lipinski definition) is 3. The number of anilines is 1. The van der Waals surface area contributed by atoms with Crippen molar-refractivity contribution < 1.29 is 19.7 Å². The van der Waals surface area contributed by atoms with Gasteiger partial charge in [-0.15, -0.1) is 0 Å². The number of carbonyl (C=O) groups is 1. The molecule has 0 heterocycles. The number of aromatic hydroxyl groups is 2. The number of unbranched alkanes of at least 4 members (excludes halogenated alkanes) is 15. The van der Waals surface area contributed by atoms with E-state index in [1.54, 1.807) is 30.3 Å². The molecule has 1 amide bonds. The fourth-order valence-electron chi connectivity index (χ4n) is 4.88. The monoisotopic (exact) mass is 539 g/mol. The minimum Gasteiger partial charge on any atom is -0.508 e. The predicted molar refractivity (Wildman–Crippen MR) is 163 cm³/mol. The molecule has 5 heteroatoms. The highest BCUT2D eigenvalue weighted by Gasteiger charge is 2.05. The van der Waals surface area contributed by atoms with Crippen LogP contribution in [0.5, 0.6) is 17.2 Å². The molecule has 3 N–H and O–H groups in total. The molecule has 218 valence electrons. The molecule has 0 radical (unpaired) electrons. The maximum absolute atomic E-state index is 12.0. The van der Waals surface area contributed by atoms with E-state index in [-0.39, 0.29) is 11.7 Å². The van der Waals surface area contributed by atoms with Gasteiger partial charge >= 0.3 is 0 Å². The Morgan fingerprint density at radius 2 is 1.26 bits per heavy atom. The number of benzene rings is 2. The van der Waals surface area contributed by atoms with Crippen LogP contribution in [0.4, 0.5) is 5.69 Å². The van der Waals surface area contributed by atoms with Gasteiger partial charge in [-0.2, -0.15) is 0 Å². The average molecular weight is 540 g/mol. The van der Waals surface area contributed by atoms with Gasteiger partial charge in [-0.05, 0) is 61.6 Å². The molecule has 39 heavy (non-hydrogen) atoms. The highest BCUT2D eigenvalue weighted by Crippen LogP contribution is 2.25. The lowest BCUT2D eigenvalue weighted by molar-refractivity contribution is -0.116. The van der Waals surface area contributed by atoms with Crippen LogP contribution < -0.4 is 10.1 Å². The molecule has 0 aliphatic rings. The Morgan fingerprint density at radius 1 is 0.692 bits per heavy atom. The highest BCUT2D eigenvalue weighted by molar-refractivity contribution is 5.90. The van der Waals surface area contributed by atoms with E-state index >= 15 is 0 Å². The summed E-state index contributed by atoms with van der Waals surface area (Å²) in [5.74, 6) is 1.40. The summed E-state index contributed by atoms with van der Waals surface area (Å²) < 4.78 is 5.84. The minimum absolute atomic E-state index is 0.0478. The standard InChI is InChI=1S/C34H53NO4/c1-2-3-4-16-19-29-21-26-32(28-33(29)37)39-27-18-15-13-11-9-7-5-6-8-10-12-14-17-20-34(38)35-30-22-24-31(36)25-23-30/h21-26,28,36-37H,2-20,27H2,1H3,(H,35,38). The summed E-state index contributed by atoms with van der Waals surface area (Å²) in [4.78, 5) is 12.0. The molecule has 0 aliphatic heterocycles. The van der Waals surface area contributed by atoms with Crippen LogP contribution in [-0.4, -0.2) is 22.7 Å². The summed E-state index contributed by atoms with van der Waals surface area (Å²) in [7, 11) is 0. The Kier molecular flexibility index (Phi) is 17.7. The fraction of sp³-hybridized carbons (Fsp3) is 0.618. The van der Waals surface area contributed by atoms with Crippen LogP contribution in [0.1, 0.15) is 128 Å². The molecule has 0 saturated heterocycles. The van der Waals surface area contributed by atoms with E-state index in [0.29, 0.717) is 12.2 Å². The van der Waals surface area contributed by atoms with Crippen molar-refractivity contribution in [3.63, 3.8) is 0 Å². The summed E-state index contributed by atoms with van der Waals surface area (Å²) in [5.41, 5.74) is 1.77. The number of aryl methyl sites for hydroxylation is 1. The molecular formula is C34H53NO4. The third-order valence-electron chi connectivity index (χ3n) is 7.32. The van der Waals surface area contributed by atoms with Crippen molar-refractivity contribution in [2.24, 2.45) is 0 Å². The number of hydrogen-bond acceptors (Lipinski definition) is 4. The third kappa shape index (κ3) is 16.1. The van der Waals surface area contributed by atoms with Crippen molar-refractivity contribution in [2.75, 3.05) is 11.9 Å². The molecule has 2 aromatic rings. The van der Waals surface area contributed by atoms with E-state index in [9.17, 15) is 15.0 Å². The number of phenolic OH excluding ortho intramolecular Hbond substituents is 2. The lowest BCUT2D eigenvalue weighted by Crippen LogP contribution is -2.10. The molecule has 5 nitrogen and oxygen atoms in total. The van der Waals surface area contributed by atoms with E-state index in [4.69, 9.17) is 4.74 Å². The van der Waals surface area contributed by atoms with Gasteiger partial charge in [-0.1, -0.05) is 103 Å². The largest absolute Gasteiger partial charge is 0.508 e. The number of phenols is 2. The SMILES string of the molecule is CCCCCCc1ccc(OCCCCCCCCCCCCCCCC(=O)Nc2ccc(O)cc2)cc1O. The van der Waals surface area contributed by atoms with Gasteiger partial charge in [0.25, 0.3) is 0 Å². The van der Waals surface area contributed by atoms with Gasteiger partial charge in [0.2, 0.25) is 5.91 Å². The number of ether oxygens (including phenoxy) is 1. The predicted octanol–water partition coefficient (Wildman–Crippen LogP) is 9.70. The fourth-order valence-corrected chi connectivity index (χ4v) is 4.88. The Labute approximate surface area is 237 Å².